The van der Waals surface area contributed by atoms with E-state index in [2.05, 4.69) is 6.92 Å². The highest BCUT2D eigenvalue weighted by atomic mass is 32.2. The van der Waals surface area contributed by atoms with Crippen molar-refractivity contribution in [3.63, 3.8) is 0 Å². The summed E-state index contributed by atoms with van der Waals surface area (Å²) in [6.45, 7) is 3.78. The lowest BCUT2D eigenvalue weighted by Gasteiger charge is -2.21. The summed E-state index contributed by atoms with van der Waals surface area (Å²) in [6.07, 6.45) is 4.51. The van der Waals surface area contributed by atoms with Crippen molar-refractivity contribution in [1.82, 2.24) is 0 Å². The van der Waals surface area contributed by atoms with E-state index in [1.807, 2.05) is 0 Å². The van der Waals surface area contributed by atoms with Crippen molar-refractivity contribution in [3.8, 4) is 0 Å². The minimum atomic E-state index is -3.46. The molecule has 0 saturated heterocycles. The van der Waals surface area contributed by atoms with Crippen molar-refractivity contribution in [2.24, 2.45) is 0 Å². The predicted molar refractivity (Wildman–Crippen MR) is 79.6 cm³/mol. The lowest BCUT2D eigenvalue weighted by atomic mass is 10.2. The summed E-state index contributed by atoms with van der Waals surface area (Å²) in [7, 11) is -4.47. The first-order valence-electron chi connectivity index (χ1n) is 6.80. The van der Waals surface area contributed by atoms with E-state index in [4.69, 9.17) is 0 Å². The number of benzene rings is 1. The normalized spacial score (nSPS) is 15.9. The van der Waals surface area contributed by atoms with Crippen molar-refractivity contribution in [2.75, 3.05) is 11.9 Å². The standard InChI is InChI=1S/C14H23O3PS/c1-3-5-6-7-12-19(17)14-10-8-13(9-11-14)18(15,16)4-2/h8-11H,3-7,12H2,1-2H3,(H,15,16)/p-1. The van der Waals surface area contributed by atoms with Crippen LogP contribution in [0, 0.1) is 0 Å². The van der Waals surface area contributed by atoms with Crippen molar-refractivity contribution in [2.45, 2.75) is 44.4 Å². The molecule has 0 fully saturated rings. The van der Waals surface area contributed by atoms with Crippen LogP contribution in [0.3, 0.4) is 0 Å². The van der Waals surface area contributed by atoms with Crippen LogP contribution in [-0.4, -0.2) is 16.1 Å². The van der Waals surface area contributed by atoms with Crippen molar-refractivity contribution in [3.05, 3.63) is 24.3 Å². The summed E-state index contributed by atoms with van der Waals surface area (Å²) >= 11 is 0. The second-order valence-corrected chi connectivity index (χ2v) is 8.66. The third kappa shape index (κ3) is 5.21. The molecule has 0 heterocycles. The Morgan fingerprint density at radius 3 is 2.26 bits per heavy atom. The minimum absolute atomic E-state index is 0.118. The number of unbranched alkanes of at least 4 members (excludes halogenated alkanes) is 3. The molecule has 3 nitrogen and oxygen atoms in total. The highest BCUT2D eigenvalue weighted by Gasteiger charge is 2.09. The molecule has 0 radical (unpaired) electrons. The van der Waals surface area contributed by atoms with E-state index >= 15 is 0 Å². The van der Waals surface area contributed by atoms with Crippen LogP contribution in [0.2, 0.25) is 0 Å². The molecule has 5 heteroatoms. The second-order valence-electron chi connectivity index (χ2n) is 4.59. The summed E-state index contributed by atoms with van der Waals surface area (Å²) in [6, 6.07) is 6.48. The third-order valence-corrected chi connectivity index (χ3v) is 6.47. The molecule has 0 aliphatic heterocycles. The Labute approximate surface area is 118 Å². The van der Waals surface area contributed by atoms with Gasteiger partial charge in [-0.15, -0.1) is 0 Å². The summed E-state index contributed by atoms with van der Waals surface area (Å²) in [5.41, 5.74) is 0. The summed E-state index contributed by atoms with van der Waals surface area (Å²) in [5, 5.41) is 0.335. The summed E-state index contributed by atoms with van der Waals surface area (Å²) in [4.78, 5) is 12.4. The van der Waals surface area contributed by atoms with Gasteiger partial charge >= 0.3 is 0 Å². The topological polar surface area (TPSA) is 57.2 Å². The predicted octanol–water partition coefficient (Wildman–Crippen LogP) is 2.66. The fraction of sp³-hybridized carbons (Fsp3) is 0.571. The average Bonchev–Trinajstić information content (AvgIpc) is 2.43. The highest BCUT2D eigenvalue weighted by molar-refractivity contribution is 7.85. The molecular weight excluding hydrogens is 279 g/mol. The largest absolute Gasteiger partial charge is 0.796 e. The molecule has 2 atom stereocenters. The molecule has 1 rings (SSSR count). The summed E-state index contributed by atoms with van der Waals surface area (Å²) in [5.74, 6) is 0.655. The van der Waals surface area contributed by atoms with Gasteiger partial charge in [-0.2, -0.15) is 0 Å². The van der Waals surface area contributed by atoms with Gasteiger partial charge in [0.05, 0.1) is 10.8 Å². The smallest absolute Gasteiger partial charge is 0.0529 e. The highest BCUT2D eigenvalue weighted by Crippen LogP contribution is 2.33. The Morgan fingerprint density at radius 1 is 1.11 bits per heavy atom. The Bertz CT molecular complexity index is 456. The van der Waals surface area contributed by atoms with Crippen LogP contribution in [0.1, 0.15) is 39.5 Å². The zero-order valence-corrected chi connectivity index (χ0v) is 13.3. The van der Waals surface area contributed by atoms with Crippen LogP contribution < -0.4 is 10.2 Å². The zero-order chi connectivity index (χ0) is 14.3. The van der Waals surface area contributed by atoms with Gasteiger partial charge in [-0.05, 0) is 30.0 Å². The second kappa shape index (κ2) is 7.98. The Balaban J connectivity index is 2.61. The van der Waals surface area contributed by atoms with Gasteiger partial charge in [-0.25, -0.2) is 0 Å². The van der Waals surface area contributed by atoms with Gasteiger partial charge in [0.15, 0.2) is 0 Å². The van der Waals surface area contributed by atoms with E-state index in [0.29, 0.717) is 11.1 Å². The van der Waals surface area contributed by atoms with Crippen LogP contribution in [0.4, 0.5) is 0 Å². The van der Waals surface area contributed by atoms with Gasteiger partial charge in [-0.1, -0.05) is 45.2 Å². The van der Waals surface area contributed by atoms with Gasteiger partial charge in [0.1, 0.15) is 0 Å². The number of hydrogen-bond donors (Lipinski definition) is 0. The van der Waals surface area contributed by atoms with Crippen LogP contribution in [0.25, 0.3) is 0 Å². The van der Waals surface area contributed by atoms with Crippen LogP contribution in [-0.2, 0) is 15.4 Å². The molecule has 0 N–H and O–H groups in total. The SMILES string of the molecule is CCCCCCS(=O)c1ccc(P(=O)([O-])CC)cc1. The summed E-state index contributed by atoms with van der Waals surface area (Å²) < 4.78 is 23.7. The van der Waals surface area contributed by atoms with Gasteiger partial charge in [0.25, 0.3) is 0 Å². The molecule has 0 spiro atoms. The van der Waals surface area contributed by atoms with E-state index in [-0.39, 0.29) is 6.16 Å². The van der Waals surface area contributed by atoms with Crippen molar-refractivity contribution < 1.29 is 13.7 Å². The maximum absolute atomic E-state index is 12.0. The molecule has 0 bridgehead atoms. The van der Waals surface area contributed by atoms with E-state index in [0.717, 1.165) is 24.2 Å². The fourth-order valence-corrected chi connectivity index (χ4v) is 3.90. The first-order valence-corrected chi connectivity index (χ1v) is 9.93. The molecule has 0 aliphatic rings. The molecule has 1 aromatic rings. The maximum Gasteiger partial charge on any atom is 0.0529 e. The van der Waals surface area contributed by atoms with E-state index in [1.165, 1.54) is 6.42 Å². The van der Waals surface area contributed by atoms with Crippen molar-refractivity contribution in [1.29, 1.82) is 0 Å². The van der Waals surface area contributed by atoms with E-state index < -0.39 is 18.2 Å². The van der Waals surface area contributed by atoms with Crippen molar-refractivity contribution >= 4 is 23.5 Å². The van der Waals surface area contributed by atoms with E-state index in [9.17, 15) is 13.7 Å². The molecule has 0 aliphatic carbocycles. The van der Waals surface area contributed by atoms with Gasteiger partial charge in [-0.3, -0.25) is 4.21 Å². The quantitative estimate of drug-likeness (QED) is 0.548. The minimum Gasteiger partial charge on any atom is -0.796 e. The number of hydrogen-bond acceptors (Lipinski definition) is 3. The lowest BCUT2D eigenvalue weighted by molar-refractivity contribution is -0.170. The Morgan fingerprint density at radius 2 is 1.74 bits per heavy atom. The molecule has 0 aromatic heterocycles. The Hall–Kier alpha value is -0.440. The molecule has 108 valence electrons. The average molecular weight is 301 g/mol. The molecule has 19 heavy (non-hydrogen) atoms. The number of rotatable bonds is 8. The Kier molecular flexibility index (Phi) is 6.98. The molecule has 0 amide bonds. The van der Waals surface area contributed by atoms with Crippen LogP contribution in [0.15, 0.2) is 29.2 Å². The molecule has 2 unspecified atom stereocenters. The fourth-order valence-electron chi connectivity index (χ4n) is 1.79. The van der Waals surface area contributed by atoms with E-state index in [1.54, 1.807) is 31.2 Å². The molecular formula is C14H22O3PS-. The lowest BCUT2D eigenvalue weighted by Crippen LogP contribution is -2.16. The van der Waals surface area contributed by atoms with Gasteiger partial charge < -0.3 is 9.46 Å². The monoisotopic (exact) mass is 301 g/mol. The maximum atomic E-state index is 12.0. The van der Waals surface area contributed by atoms with Gasteiger partial charge in [0.2, 0.25) is 0 Å². The van der Waals surface area contributed by atoms with Crippen LogP contribution >= 0.6 is 7.37 Å². The zero-order valence-electron chi connectivity index (χ0n) is 11.6. The first kappa shape index (κ1) is 16.6. The first-order chi connectivity index (χ1) is 9.01. The van der Waals surface area contributed by atoms with Gasteiger partial charge in [0, 0.05) is 18.0 Å². The molecule has 1 aromatic carbocycles. The third-order valence-electron chi connectivity index (χ3n) is 3.09. The van der Waals surface area contributed by atoms with Crippen LogP contribution in [0.5, 0.6) is 0 Å². The molecule has 0 saturated carbocycles.